The summed E-state index contributed by atoms with van der Waals surface area (Å²) in [6.45, 7) is 11.9. The van der Waals surface area contributed by atoms with Gasteiger partial charge in [-0.3, -0.25) is 4.98 Å². The van der Waals surface area contributed by atoms with Crippen LogP contribution in [0.25, 0.3) is 0 Å². The third-order valence-corrected chi connectivity index (χ3v) is 3.23. The van der Waals surface area contributed by atoms with Crippen molar-refractivity contribution >= 4 is 11.4 Å². The van der Waals surface area contributed by atoms with Gasteiger partial charge in [0, 0.05) is 26.2 Å². The van der Waals surface area contributed by atoms with Crippen molar-refractivity contribution in [2.75, 3.05) is 36.0 Å². The van der Waals surface area contributed by atoms with Crippen molar-refractivity contribution in [1.29, 1.82) is 5.26 Å². The molecule has 1 heterocycles. The van der Waals surface area contributed by atoms with E-state index < -0.39 is 0 Å². The number of rotatable bonds is 6. The topological polar surface area (TPSA) is 43.2 Å². The Morgan fingerprint density at radius 2 is 1.33 bits per heavy atom. The highest BCUT2D eigenvalue weighted by Crippen LogP contribution is 2.28. The minimum Gasteiger partial charge on any atom is -0.370 e. The minimum absolute atomic E-state index is 0.734. The van der Waals surface area contributed by atoms with E-state index in [0.29, 0.717) is 0 Å². The highest BCUT2D eigenvalue weighted by atomic mass is 15.2. The molecule has 0 aliphatic heterocycles. The number of hydrogen-bond donors (Lipinski definition) is 0. The Morgan fingerprint density at radius 1 is 0.944 bits per heavy atom. The summed E-state index contributed by atoms with van der Waals surface area (Å²) in [5.74, 6) is 0. The van der Waals surface area contributed by atoms with Gasteiger partial charge in [0.05, 0.1) is 23.8 Å². The van der Waals surface area contributed by atoms with Crippen LogP contribution in [0.4, 0.5) is 11.4 Å². The van der Waals surface area contributed by atoms with Gasteiger partial charge in [0.2, 0.25) is 0 Å². The van der Waals surface area contributed by atoms with Crippen LogP contribution in [0, 0.1) is 11.3 Å². The van der Waals surface area contributed by atoms with Gasteiger partial charge >= 0.3 is 0 Å². The van der Waals surface area contributed by atoms with E-state index in [1.165, 1.54) is 0 Å². The quantitative estimate of drug-likeness (QED) is 0.774. The van der Waals surface area contributed by atoms with Crippen LogP contribution in [0.2, 0.25) is 0 Å². The van der Waals surface area contributed by atoms with E-state index in [4.69, 9.17) is 0 Å². The Morgan fingerprint density at radius 3 is 1.61 bits per heavy atom. The highest BCUT2D eigenvalue weighted by molar-refractivity contribution is 5.71. The molecule has 4 heteroatoms. The van der Waals surface area contributed by atoms with Gasteiger partial charge in [-0.2, -0.15) is 5.26 Å². The van der Waals surface area contributed by atoms with E-state index in [0.717, 1.165) is 43.1 Å². The van der Waals surface area contributed by atoms with Gasteiger partial charge in [0.15, 0.2) is 0 Å². The van der Waals surface area contributed by atoms with E-state index in [1.54, 1.807) is 12.4 Å². The van der Waals surface area contributed by atoms with E-state index in [1.807, 2.05) is 0 Å². The van der Waals surface area contributed by atoms with Crippen LogP contribution < -0.4 is 9.80 Å². The molecular formula is C14H22N4. The number of pyridine rings is 1. The third-order valence-electron chi connectivity index (χ3n) is 3.23. The van der Waals surface area contributed by atoms with Gasteiger partial charge in [-0.05, 0) is 27.7 Å². The second kappa shape index (κ2) is 6.85. The molecule has 1 aromatic heterocycles. The fourth-order valence-corrected chi connectivity index (χ4v) is 2.16. The molecule has 18 heavy (non-hydrogen) atoms. The number of aromatic nitrogens is 1. The van der Waals surface area contributed by atoms with E-state index in [2.05, 4.69) is 48.5 Å². The maximum Gasteiger partial charge on any atom is 0.104 e. The SMILES string of the molecule is CCN(CC)c1cncc(N(CC)CC)c1C#N. The van der Waals surface area contributed by atoms with E-state index in [9.17, 15) is 5.26 Å². The molecule has 0 aliphatic carbocycles. The summed E-state index contributed by atoms with van der Waals surface area (Å²) in [5.41, 5.74) is 2.61. The highest BCUT2D eigenvalue weighted by Gasteiger charge is 2.16. The molecule has 0 spiro atoms. The molecule has 4 nitrogen and oxygen atoms in total. The molecule has 0 fully saturated rings. The standard InChI is InChI=1S/C14H22N4/c1-5-17(6-2)13-10-16-11-14(12(13)9-15)18(7-3)8-4/h10-11H,5-8H2,1-4H3. The van der Waals surface area contributed by atoms with Gasteiger partial charge in [-0.1, -0.05) is 0 Å². The monoisotopic (exact) mass is 246 g/mol. The maximum atomic E-state index is 9.45. The van der Waals surface area contributed by atoms with Crippen LogP contribution in [0.15, 0.2) is 12.4 Å². The zero-order chi connectivity index (χ0) is 13.5. The molecule has 0 unspecified atom stereocenters. The Kier molecular flexibility index (Phi) is 5.44. The Bertz CT molecular complexity index is 384. The smallest absolute Gasteiger partial charge is 0.104 e. The number of nitriles is 1. The molecule has 0 N–H and O–H groups in total. The van der Waals surface area contributed by atoms with Crippen molar-refractivity contribution < 1.29 is 0 Å². The van der Waals surface area contributed by atoms with Gasteiger partial charge in [-0.15, -0.1) is 0 Å². The van der Waals surface area contributed by atoms with Crippen molar-refractivity contribution in [2.24, 2.45) is 0 Å². The number of anilines is 2. The molecule has 0 amide bonds. The largest absolute Gasteiger partial charge is 0.370 e. The van der Waals surface area contributed by atoms with Crippen LogP contribution >= 0.6 is 0 Å². The molecule has 0 bridgehead atoms. The number of hydrogen-bond acceptors (Lipinski definition) is 4. The molecule has 0 aromatic carbocycles. The van der Waals surface area contributed by atoms with Gasteiger partial charge in [0.25, 0.3) is 0 Å². The number of nitrogens with zero attached hydrogens (tertiary/aromatic N) is 4. The Balaban J connectivity index is 3.30. The maximum absolute atomic E-state index is 9.45. The first kappa shape index (κ1) is 14.3. The van der Waals surface area contributed by atoms with Crippen LogP contribution in [0.5, 0.6) is 0 Å². The lowest BCUT2D eigenvalue weighted by Gasteiger charge is -2.27. The first-order valence-corrected chi connectivity index (χ1v) is 6.61. The first-order chi connectivity index (χ1) is 8.73. The Labute approximate surface area is 110 Å². The van der Waals surface area contributed by atoms with Crippen LogP contribution in [0.3, 0.4) is 0 Å². The van der Waals surface area contributed by atoms with Crippen molar-refractivity contribution in [3.05, 3.63) is 18.0 Å². The van der Waals surface area contributed by atoms with E-state index >= 15 is 0 Å². The Hall–Kier alpha value is -1.76. The summed E-state index contributed by atoms with van der Waals surface area (Å²) in [4.78, 5) is 8.62. The molecule has 0 atom stereocenters. The first-order valence-electron chi connectivity index (χ1n) is 6.61. The zero-order valence-corrected chi connectivity index (χ0v) is 11.8. The fraction of sp³-hybridized carbons (Fsp3) is 0.571. The average molecular weight is 246 g/mol. The predicted octanol–water partition coefficient (Wildman–Crippen LogP) is 2.65. The molecule has 1 rings (SSSR count). The van der Waals surface area contributed by atoms with Gasteiger partial charge in [-0.25, -0.2) is 0 Å². The minimum atomic E-state index is 0.734. The predicted molar refractivity (Wildman–Crippen MR) is 76.1 cm³/mol. The van der Waals surface area contributed by atoms with Crippen molar-refractivity contribution in [1.82, 2.24) is 4.98 Å². The lowest BCUT2D eigenvalue weighted by molar-refractivity contribution is 0.842. The second-order valence-electron chi connectivity index (χ2n) is 4.01. The van der Waals surface area contributed by atoms with Crippen LogP contribution in [0.1, 0.15) is 33.3 Å². The summed E-state index contributed by atoms with van der Waals surface area (Å²) in [5, 5.41) is 9.45. The molecule has 0 radical (unpaired) electrons. The molecule has 1 aromatic rings. The molecule has 98 valence electrons. The molecule has 0 aliphatic rings. The molecular weight excluding hydrogens is 224 g/mol. The summed E-state index contributed by atoms with van der Waals surface area (Å²) < 4.78 is 0. The van der Waals surface area contributed by atoms with Crippen molar-refractivity contribution in [2.45, 2.75) is 27.7 Å². The zero-order valence-electron chi connectivity index (χ0n) is 11.8. The van der Waals surface area contributed by atoms with Crippen molar-refractivity contribution in [3.63, 3.8) is 0 Å². The molecule has 0 saturated carbocycles. The van der Waals surface area contributed by atoms with Crippen LogP contribution in [-0.4, -0.2) is 31.2 Å². The summed E-state index contributed by atoms with van der Waals surface area (Å²) >= 11 is 0. The lowest BCUT2D eigenvalue weighted by atomic mass is 10.1. The fourth-order valence-electron chi connectivity index (χ4n) is 2.16. The average Bonchev–Trinajstić information content (AvgIpc) is 2.42. The van der Waals surface area contributed by atoms with Gasteiger partial charge in [0.1, 0.15) is 11.6 Å². The molecule has 0 saturated heterocycles. The van der Waals surface area contributed by atoms with Crippen LogP contribution in [-0.2, 0) is 0 Å². The second-order valence-corrected chi connectivity index (χ2v) is 4.01. The lowest BCUT2D eigenvalue weighted by Crippen LogP contribution is -2.26. The summed E-state index contributed by atoms with van der Waals surface area (Å²) in [6, 6.07) is 2.34. The normalized spacial score (nSPS) is 9.94. The summed E-state index contributed by atoms with van der Waals surface area (Å²) in [7, 11) is 0. The van der Waals surface area contributed by atoms with Crippen molar-refractivity contribution in [3.8, 4) is 6.07 Å². The third kappa shape index (κ3) is 2.73. The van der Waals surface area contributed by atoms with E-state index in [-0.39, 0.29) is 0 Å². The summed E-state index contributed by atoms with van der Waals surface area (Å²) in [6.07, 6.45) is 3.58. The van der Waals surface area contributed by atoms with Gasteiger partial charge < -0.3 is 9.80 Å².